The van der Waals surface area contributed by atoms with Gasteiger partial charge in [-0.2, -0.15) is 0 Å². The predicted molar refractivity (Wildman–Crippen MR) is 138 cm³/mol. The number of hydrogen-bond donors (Lipinski definition) is 1. The van der Waals surface area contributed by atoms with Crippen LogP contribution in [0, 0.1) is 6.92 Å². The summed E-state index contributed by atoms with van der Waals surface area (Å²) in [6.45, 7) is 4.34. The highest BCUT2D eigenvalue weighted by atomic mass is 35.5. The molecule has 0 saturated carbocycles. The monoisotopic (exact) mass is 507 g/mol. The van der Waals surface area contributed by atoms with Gasteiger partial charge in [-0.1, -0.05) is 11.6 Å². The van der Waals surface area contributed by atoms with E-state index in [-0.39, 0.29) is 16.8 Å². The summed E-state index contributed by atoms with van der Waals surface area (Å²) < 4.78 is 6.58. The Labute approximate surface area is 213 Å². The largest absolute Gasteiger partial charge is 0.497 e. The van der Waals surface area contributed by atoms with Gasteiger partial charge in [0.1, 0.15) is 11.4 Å². The molecule has 186 valence electrons. The van der Waals surface area contributed by atoms with E-state index in [9.17, 15) is 14.4 Å². The van der Waals surface area contributed by atoms with Crippen LogP contribution in [-0.4, -0.2) is 71.7 Å². The van der Waals surface area contributed by atoms with Gasteiger partial charge in [-0.05, 0) is 62.5 Å². The van der Waals surface area contributed by atoms with Crippen LogP contribution in [0.15, 0.2) is 59.0 Å². The number of nitrogens with one attached hydrogen (secondary N) is 1. The fourth-order valence-corrected chi connectivity index (χ4v) is 4.77. The van der Waals surface area contributed by atoms with Gasteiger partial charge in [-0.25, -0.2) is 9.58 Å². The molecule has 1 fully saturated rings. The first-order valence-electron chi connectivity index (χ1n) is 11.6. The lowest BCUT2D eigenvalue weighted by molar-refractivity contribution is -0.120. The zero-order valence-electron chi connectivity index (χ0n) is 20.2. The van der Waals surface area contributed by atoms with E-state index in [4.69, 9.17) is 16.3 Å². The number of aromatic nitrogens is 2. The predicted octanol–water partition coefficient (Wildman–Crippen LogP) is 2.67. The van der Waals surface area contributed by atoms with Gasteiger partial charge in [0, 0.05) is 36.9 Å². The lowest BCUT2D eigenvalue weighted by Gasteiger charge is -2.34. The molecule has 0 bridgehead atoms. The number of ether oxygens (including phenoxy) is 1. The first kappa shape index (κ1) is 23.9. The molecule has 2 amide bonds. The summed E-state index contributed by atoms with van der Waals surface area (Å²) in [7, 11) is 3.56. The van der Waals surface area contributed by atoms with E-state index in [0.717, 1.165) is 18.0 Å². The van der Waals surface area contributed by atoms with Crippen LogP contribution in [0.3, 0.4) is 0 Å². The number of imide groups is 1. The fraction of sp³-hybridized carbons (Fsp3) is 0.269. The Morgan fingerprint density at radius 2 is 1.47 bits per heavy atom. The normalized spacial score (nSPS) is 16.9. The Morgan fingerprint density at radius 3 is 2.08 bits per heavy atom. The minimum atomic E-state index is -0.526. The number of aryl methyl sites for hydroxylation is 1. The molecule has 0 spiro atoms. The number of rotatable bonds is 5. The van der Waals surface area contributed by atoms with Gasteiger partial charge in [-0.3, -0.25) is 19.5 Å². The third kappa shape index (κ3) is 4.00. The van der Waals surface area contributed by atoms with Crippen molar-refractivity contribution < 1.29 is 14.3 Å². The highest BCUT2D eigenvalue weighted by Gasteiger charge is 2.44. The molecule has 2 aliphatic rings. The maximum Gasteiger partial charge on any atom is 0.282 e. The van der Waals surface area contributed by atoms with Gasteiger partial charge in [0.15, 0.2) is 0 Å². The van der Waals surface area contributed by atoms with Crippen molar-refractivity contribution in [2.24, 2.45) is 0 Å². The molecule has 0 radical (unpaired) electrons. The maximum atomic E-state index is 13.9. The molecule has 2 aliphatic heterocycles. The number of hydrogen-bond acceptors (Lipinski definition) is 6. The first-order valence-corrected chi connectivity index (χ1v) is 12.0. The Bertz CT molecular complexity index is 1410. The SMILES string of the molecule is COc1ccc(N2C(=O)C(c3c(C)[nH]n(-c4ccc(Cl)cc4)c3=O)=C(N3CCN(C)CC3)C2=O)cc1. The molecule has 0 atom stereocenters. The number of carbonyl (C=O) groups is 2. The van der Waals surface area contributed by atoms with Crippen LogP contribution in [-0.2, 0) is 9.59 Å². The molecule has 3 heterocycles. The number of aromatic amines is 1. The van der Waals surface area contributed by atoms with Crippen molar-refractivity contribution in [1.82, 2.24) is 19.6 Å². The molecule has 36 heavy (non-hydrogen) atoms. The summed E-state index contributed by atoms with van der Waals surface area (Å²) in [5.74, 6) is -0.359. The number of likely N-dealkylation sites (N-methyl/N-ethyl adjacent to an activating group) is 1. The molecule has 0 unspecified atom stereocenters. The minimum Gasteiger partial charge on any atom is -0.497 e. The zero-order chi connectivity index (χ0) is 25.6. The zero-order valence-corrected chi connectivity index (χ0v) is 21.0. The average Bonchev–Trinajstić information content (AvgIpc) is 3.31. The summed E-state index contributed by atoms with van der Waals surface area (Å²) >= 11 is 6.01. The molecule has 1 N–H and O–H groups in total. The molecular formula is C26H26ClN5O4. The molecule has 1 aromatic heterocycles. The van der Waals surface area contributed by atoms with Gasteiger partial charge in [0.25, 0.3) is 17.4 Å². The number of benzene rings is 2. The van der Waals surface area contributed by atoms with Crippen LogP contribution < -0.4 is 15.2 Å². The van der Waals surface area contributed by atoms with Crippen LogP contribution in [0.25, 0.3) is 11.3 Å². The van der Waals surface area contributed by atoms with Crippen molar-refractivity contribution in [3.05, 3.63) is 80.9 Å². The Balaban J connectivity index is 1.65. The first-order chi connectivity index (χ1) is 17.3. The average molecular weight is 508 g/mol. The summed E-state index contributed by atoms with van der Waals surface area (Å²) in [6, 6.07) is 13.5. The third-order valence-electron chi connectivity index (χ3n) is 6.62. The third-order valence-corrected chi connectivity index (χ3v) is 6.87. The smallest absolute Gasteiger partial charge is 0.282 e. The second-order valence-corrected chi connectivity index (χ2v) is 9.32. The van der Waals surface area contributed by atoms with Gasteiger partial charge < -0.3 is 14.5 Å². The molecular weight excluding hydrogens is 482 g/mol. The highest BCUT2D eigenvalue weighted by Crippen LogP contribution is 2.35. The van der Waals surface area contributed by atoms with E-state index >= 15 is 0 Å². The molecule has 5 rings (SSSR count). The Morgan fingerprint density at radius 1 is 0.861 bits per heavy atom. The van der Waals surface area contributed by atoms with E-state index < -0.39 is 17.4 Å². The van der Waals surface area contributed by atoms with Crippen LogP contribution in [0.4, 0.5) is 5.69 Å². The molecule has 1 saturated heterocycles. The summed E-state index contributed by atoms with van der Waals surface area (Å²) in [5.41, 5.74) is 1.64. The maximum absolute atomic E-state index is 13.9. The van der Waals surface area contributed by atoms with Crippen molar-refractivity contribution in [2.45, 2.75) is 6.92 Å². The number of nitrogens with zero attached hydrogens (tertiary/aromatic N) is 4. The molecule has 0 aliphatic carbocycles. The van der Waals surface area contributed by atoms with Crippen molar-refractivity contribution >= 4 is 34.7 Å². The molecule has 9 nitrogen and oxygen atoms in total. The van der Waals surface area contributed by atoms with E-state index in [1.807, 2.05) is 11.9 Å². The fourth-order valence-electron chi connectivity index (χ4n) is 4.65. The van der Waals surface area contributed by atoms with E-state index in [1.165, 1.54) is 4.68 Å². The van der Waals surface area contributed by atoms with Crippen molar-refractivity contribution in [3.63, 3.8) is 0 Å². The summed E-state index contributed by atoms with van der Waals surface area (Å²) in [5, 5.41) is 3.61. The van der Waals surface area contributed by atoms with Gasteiger partial charge in [-0.15, -0.1) is 0 Å². The number of piperazine rings is 1. The minimum absolute atomic E-state index is 0.117. The van der Waals surface area contributed by atoms with Crippen LogP contribution >= 0.6 is 11.6 Å². The number of methoxy groups -OCH3 is 1. The lowest BCUT2D eigenvalue weighted by atomic mass is 10.0. The van der Waals surface area contributed by atoms with E-state index in [0.29, 0.717) is 40.9 Å². The number of H-pyrrole nitrogens is 1. The van der Waals surface area contributed by atoms with Crippen LogP contribution in [0.2, 0.25) is 5.02 Å². The van der Waals surface area contributed by atoms with Gasteiger partial charge in [0.2, 0.25) is 0 Å². The lowest BCUT2D eigenvalue weighted by Crippen LogP contribution is -2.46. The molecule has 3 aromatic rings. The number of halogens is 1. The van der Waals surface area contributed by atoms with Crippen LogP contribution in [0.5, 0.6) is 5.75 Å². The van der Waals surface area contributed by atoms with E-state index in [2.05, 4.69) is 10.00 Å². The van der Waals surface area contributed by atoms with Crippen LogP contribution in [0.1, 0.15) is 11.3 Å². The Hall–Kier alpha value is -3.82. The second kappa shape index (κ2) is 9.33. The number of anilines is 1. The topological polar surface area (TPSA) is 90.9 Å². The number of carbonyl (C=O) groups excluding carboxylic acids is 2. The quantitative estimate of drug-likeness (QED) is 0.534. The summed E-state index contributed by atoms with van der Waals surface area (Å²) in [4.78, 5) is 46.6. The van der Waals surface area contributed by atoms with E-state index in [1.54, 1.807) is 62.6 Å². The van der Waals surface area contributed by atoms with Crippen molar-refractivity contribution in [2.75, 3.05) is 45.2 Å². The second-order valence-electron chi connectivity index (χ2n) is 8.89. The van der Waals surface area contributed by atoms with Gasteiger partial charge >= 0.3 is 0 Å². The van der Waals surface area contributed by atoms with Crippen molar-refractivity contribution in [1.29, 1.82) is 0 Å². The van der Waals surface area contributed by atoms with Gasteiger partial charge in [0.05, 0.1) is 29.6 Å². The highest BCUT2D eigenvalue weighted by molar-refractivity contribution is 6.45. The standard InChI is InChI=1S/C26H26ClN5O4/c1-16-21(25(34)32(28-16)19-6-4-17(27)5-7-19)22-23(30-14-12-29(2)13-15-30)26(35)31(24(22)33)18-8-10-20(36-3)11-9-18/h4-11,28H,12-15H2,1-3H3. The summed E-state index contributed by atoms with van der Waals surface area (Å²) in [6.07, 6.45) is 0. The molecule has 10 heteroatoms. The number of amides is 2. The molecule has 2 aromatic carbocycles. The Kier molecular flexibility index (Phi) is 6.19. The van der Waals surface area contributed by atoms with Crippen molar-refractivity contribution in [3.8, 4) is 11.4 Å².